The number of urea groups is 2. The Kier molecular flexibility index (Phi) is 7.64. The zero-order valence-electron chi connectivity index (χ0n) is 25.0. The number of amides is 4. The highest BCUT2D eigenvalue weighted by molar-refractivity contribution is 6.01. The maximum absolute atomic E-state index is 14.7. The molecule has 1 aliphatic carbocycles. The van der Waals surface area contributed by atoms with Gasteiger partial charge in [-0.25, -0.2) is 39.2 Å². The number of alkyl halides is 6. The highest BCUT2D eigenvalue weighted by atomic mass is 19.4. The summed E-state index contributed by atoms with van der Waals surface area (Å²) in [6.45, 7) is -1.84. The molecule has 3 aliphatic heterocycles. The van der Waals surface area contributed by atoms with Crippen molar-refractivity contribution in [3.63, 3.8) is 0 Å². The third kappa shape index (κ3) is 4.81. The van der Waals surface area contributed by atoms with E-state index in [0.717, 1.165) is 55.6 Å². The molecule has 3 aromatic rings. The lowest BCUT2D eigenvalue weighted by Gasteiger charge is -2.60. The van der Waals surface area contributed by atoms with E-state index in [9.17, 15) is 45.5 Å². The average molecular weight is 675 g/mol. The summed E-state index contributed by atoms with van der Waals surface area (Å²) in [5.74, 6) is -2.05. The Morgan fingerprint density at radius 1 is 0.750 bits per heavy atom. The van der Waals surface area contributed by atoms with Crippen LogP contribution in [0.4, 0.5) is 35.9 Å². The van der Waals surface area contributed by atoms with Crippen LogP contribution in [0.5, 0.6) is 0 Å². The summed E-state index contributed by atoms with van der Waals surface area (Å²) in [5.41, 5.74) is -5.63. The number of rotatable bonds is 6. The van der Waals surface area contributed by atoms with Gasteiger partial charge in [0.25, 0.3) is 0 Å². The van der Waals surface area contributed by atoms with Crippen LogP contribution >= 0.6 is 0 Å². The van der Waals surface area contributed by atoms with Gasteiger partial charge in [0.05, 0.1) is 50.0 Å². The van der Waals surface area contributed by atoms with Gasteiger partial charge in [0.2, 0.25) is 5.54 Å². The number of halogens is 6. The van der Waals surface area contributed by atoms with E-state index < -0.39 is 83.3 Å². The number of carbonyl (C=O) groups is 4. The fourth-order valence-corrected chi connectivity index (χ4v) is 6.42. The van der Waals surface area contributed by atoms with Crippen LogP contribution in [-0.2, 0) is 45.2 Å². The van der Waals surface area contributed by atoms with Crippen LogP contribution in [0.1, 0.15) is 49.8 Å². The Balaban J connectivity index is 1.58. The van der Waals surface area contributed by atoms with Gasteiger partial charge in [-0.3, -0.25) is 0 Å². The Hall–Kier alpha value is -5.54. The van der Waals surface area contributed by atoms with Crippen molar-refractivity contribution in [3.8, 4) is 0 Å². The first-order chi connectivity index (χ1) is 22.7. The molecule has 1 fully saturated rings. The monoisotopic (exact) mass is 674 g/mol. The molecule has 0 N–H and O–H groups in total. The molecule has 250 valence electrons. The number of hydrogen-bond acceptors (Lipinski definition) is 6. The van der Waals surface area contributed by atoms with E-state index in [2.05, 4.69) is 0 Å². The number of ether oxygens (including phenoxy) is 2. The fourth-order valence-electron chi connectivity index (χ4n) is 6.42. The third-order valence-corrected chi connectivity index (χ3v) is 8.43. The van der Waals surface area contributed by atoms with Gasteiger partial charge < -0.3 is 9.47 Å². The predicted octanol–water partition coefficient (Wildman–Crippen LogP) is 6.20. The van der Waals surface area contributed by atoms with E-state index in [4.69, 9.17) is 9.47 Å². The van der Waals surface area contributed by atoms with Crippen LogP contribution in [0.15, 0.2) is 78.9 Å². The molecule has 1 saturated heterocycles. The average Bonchev–Trinajstić information content (AvgIpc) is 3.06. The Labute approximate surface area is 268 Å². The van der Waals surface area contributed by atoms with Crippen molar-refractivity contribution in [2.45, 2.75) is 37.0 Å². The predicted molar refractivity (Wildman–Crippen MR) is 152 cm³/mol. The molecule has 10 nitrogen and oxygen atoms in total. The van der Waals surface area contributed by atoms with Gasteiger partial charge in [-0.05, 0) is 41.0 Å². The van der Waals surface area contributed by atoms with E-state index in [1.807, 2.05) is 0 Å². The lowest BCUT2D eigenvalue weighted by Crippen LogP contribution is -2.77. The van der Waals surface area contributed by atoms with E-state index in [-0.39, 0.29) is 16.7 Å². The molecule has 2 atom stereocenters. The zero-order chi connectivity index (χ0) is 34.8. The quantitative estimate of drug-likeness (QED) is 0.176. The van der Waals surface area contributed by atoms with Gasteiger partial charge in [-0.15, -0.1) is 0 Å². The second kappa shape index (κ2) is 11.3. The molecule has 0 radical (unpaired) electrons. The summed E-state index contributed by atoms with van der Waals surface area (Å²) < 4.78 is 94.4. The summed E-state index contributed by atoms with van der Waals surface area (Å²) >= 11 is 0. The van der Waals surface area contributed by atoms with Crippen molar-refractivity contribution >= 4 is 24.0 Å². The van der Waals surface area contributed by atoms with Gasteiger partial charge >= 0.3 is 36.4 Å². The van der Waals surface area contributed by atoms with E-state index in [1.54, 1.807) is 0 Å². The SMILES string of the molecule is COC(=O)c1cccc2c1C1(C(=O)OC)C=CC2N2C(=O)N(Cc3ccccc3C(F)(F)F)N(Cc3ccccc3C(F)(F)F)C(=O)N21. The maximum atomic E-state index is 14.7. The Morgan fingerprint density at radius 3 is 1.81 bits per heavy atom. The van der Waals surface area contributed by atoms with Crippen LogP contribution in [-0.4, -0.2) is 58.3 Å². The van der Waals surface area contributed by atoms with Crippen LogP contribution in [0.2, 0.25) is 0 Å². The van der Waals surface area contributed by atoms with Gasteiger partial charge in [0, 0.05) is 5.56 Å². The molecule has 4 amide bonds. The number of benzene rings is 3. The fraction of sp³-hybridized carbons (Fsp3) is 0.250. The smallest absolute Gasteiger partial charge is 0.416 e. The van der Waals surface area contributed by atoms with E-state index in [1.165, 1.54) is 42.5 Å². The molecule has 3 aromatic carbocycles. The molecule has 0 spiro atoms. The first-order valence-corrected chi connectivity index (χ1v) is 14.2. The number of methoxy groups -OCH3 is 2. The Bertz CT molecular complexity index is 1880. The van der Waals surface area contributed by atoms with Crippen LogP contribution in [0, 0.1) is 0 Å². The summed E-state index contributed by atoms with van der Waals surface area (Å²) in [7, 11) is 2.08. The summed E-state index contributed by atoms with van der Waals surface area (Å²) in [5, 5.41) is 2.66. The molecule has 0 saturated carbocycles. The number of nitrogens with zero attached hydrogens (tertiary/aromatic N) is 4. The number of hydrazine groups is 2. The molecular formula is C32H24F6N4O6. The highest BCUT2D eigenvalue weighted by Crippen LogP contribution is 2.53. The summed E-state index contributed by atoms with van der Waals surface area (Å²) in [6.07, 6.45) is -7.17. The Morgan fingerprint density at radius 2 is 1.29 bits per heavy atom. The standard InChI is InChI=1S/C32H24F6N4O6/c1-47-26(43)21-11-7-10-20-24-14-15-30(25(20)21,27(44)48-2)42-29(46)40(17-19-9-4-6-13-23(19)32(36,37)38)39(28(45)41(24)42)16-18-8-3-5-12-22(18)31(33,34)35/h3-15,24H,16-17H2,1-2H3. The first-order valence-electron chi connectivity index (χ1n) is 14.2. The van der Waals surface area contributed by atoms with Crippen molar-refractivity contribution in [2.24, 2.45) is 0 Å². The molecule has 2 bridgehead atoms. The van der Waals surface area contributed by atoms with Gasteiger partial charge in [-0.2, -0.15) is 26.3 Å². The van der Waals surface area contributed by atoms with Crippen molar-refractivity contribution in [3.05, 3.63) is 118 Å². The first kappa shape index (κ1) is 32.4. The molecule has 48 heavy (non-hydrogen) atoms. The number of carbonyl (C=O) groups excluding carboxylic acids is 4. The van der Waals surface area contributed by atoms with Crippen molar-refractivity contribution in [1.29, 1.82) is 0 Å². The van der Waals surface area contributed by atoms with E-state index >= 15 is 0 Å². The summed E-state index contributed by atoms with van der Waals surface area (Å²) in [6, 6.07) is 9.08. The van der Waals surface area contributed by atoms with Crippen LogP contribution in [0.25, 0.3) is 0 Å². The number of hydrogen-bond donors (Lipinski definition) is 0. The zero-order valence-corrected chi connectivity index (χ0v) is 25.0. The molecule has 3 heterocycles. The minimum atomic E-state index is -4.91. The molecule has 16 heteroatoms. The number of esters is 2. The normalized spacial score (nSPS) is 20.1. The highest BCUT2D eigenvalue weighted by Gasteiger charge is 2.65. The third-order valence-electron chi connectivity index (χ3n) is 8.43. The van der Waals surface area contributed by atoms with Crippen LogP contribution in [0.3, 0.4) is 0 Å². The second-order valence-electron chi connectivity index (χ2n) is 11.0. The van der Waals surface area contributed by atoms with Gasteiger partial charge in [-0.1, -0.05) is 54.6 Å². The largest absolute Gasteiger partial charge is 0.467 e. The lowest BCUT2D eigenvalue weighted by atomic mass is 9.73. The molecule has 4 aliphatic rings. The minimum absolute atomic E-state index is 0.0693. The summed E-state index contributed by atoms with van der Waals surface area (Å²) in [4.78, 5) is 55.9. The second-order valence-corrected chi connectivity index (χ2v) is 11.0. The van der Waals surface area contributed by atoms with Crippen molar-refractivity contribution in [2.75, 3.05) is 14.2 Å². The maximum Gasteiger partial charge on any atom is 0.416 e. The molecular weight excluding hydrogens is 650 g/mol. The van der Waals surface area contributed by atoms with Crippen molar-refractivity contribution < 1.29 is 55.0 Å². The molecule has 2 unspecified atom stereocenters. The van der Waals surface area contributed by atoms with Gasteiger partial charge in [0.1, 0.15) is 0 Å². The topological polar surface area (TPSA) is 99.7 Å². The van der Waals surface area contributed by atoms with Gasteiger partial charge in [0.15, 0.2) is 0 Å². The van der Waals surface area contributed by atoms with Crippen LogP contribution < -0.4 is 0 Å². The molecule has 7 rings (SSSR count). The minimum Gasteiger partial charge on any atom is -0.467 e. The van der Waals surface area contributed by atoms with E-state index in [0.29, 0.717) is 15.0 Å². The van der Waals surface area contributed by atoms with Crippen molar-refractivity contribution in [1.82, 2.24) is 20.0 Å². The lowest BCUT2D eigenvalue weighted by molar-refractivity contribution is -0.179. The molecule has 0 aromatic heterocycles.